The van der Waals surface area contributed by atoms with Gasteiger partial charge in [-0.1, -0.05) is 31.2 Å². The number of benzene rings is 1. The third-order valence-corrected chi connectivity index (χ3v) is 2.22. The molecule has 11 heavy (non-hydrogen) atoms. The van der Waals surface area contributed by atoms with Gasteiger partial charge in [-0.05, 0) is 24.0 Å². The van der Waals surface area contributed by atoms with E-state index in [0.717, 1.165) is 6.42 Å². The van der Waals surface area contributed by atoms with E-state index in [4.69, 9.17) is 11.6 Å². The molecular weight excluding hydrogens is 156 g/mol. The molecule has 1 atom stereocenters. The van der Waals surface area contributed by atoms with Crippen LogP contribution in [0.1, 0.15) is 24.8 Å². The molecule has 1 rings (SSSR count). The predicted molar refractivity (Wildman–Crippen MR) is 49.0 cm³/mol. The molecule has 0 aliphatic heterocycles. The van der Waals surface area contributed by atoms with Crippen molar-refractivity contribution in [1.82, 2.24) is 0 Å². The largest absolute Gasteiger partial charge is 0.126 e. The average Bonchev–Trinajstić information content (AvgIpc) is 2.09. The van der Waals surface area contributed by atoms with Crippen molar-refractivity contribution in [3.8, 4) is 0 Å². The topological polar surface area (TPSA) is 0 Å². The lowest BCUT2D eigenvalue weighted by atomic mass is 9.99. The van der Waals surface area contributed by atoms with Crippen LogP contribution in [-0.4, -0.2) is 5.88 Å². The quantitative estimate of drug-likeness (QED) is 0.607. The lowest BCUT2D eigenvalue weighted by Gasteiger charge is -2.09. The van der Waals surface area contributed by atoms with E-state index < -0.39 is 0 Å². The van der Waals surface area contributed by atoms with Gasteiger partial charge in [0.2, 0.25) is 0 Å². The molecule has 0 bridgehead atoms. The van der Waals surface area contributed by atoms with Gasteiger partial charge in [0.05, 0.1) is 0 Å². The summed E-state index contributed by atoms with van der Waals surface area (Å²) in [5.74, 6) is 1.16. The lowest BCUT2D eigenvalue weighted by Crippen LogP contribution is -1.97. The van der Waals surface area contributed by atoms with Gasteiger partial charge in [-0.3, -0.25) is 0 Å². The predicted octanol–water partition coefficient (Wildman–Crippen LogP) is 3.22. The Morgan fingerprint density at radius 1 is 1.55 bits per heavy atom. The first kappa shape index (κ1) is 8.61. The van der Waals surface area contributed by atoms with Crippen LogP contribution in [0.5, 0.6) is 0 Å². The highest BCUT2D eigenvalue weighted by Gasteiger charge is 2.05. The van der Waals surface area contributed by atoms with Crippen LogP contribution in [-0.2, 0) is 0 Å². The molecule has 0 aromatic heterocycles. The zero-order valence-corrected chi connectivity index (χ0v) is 7.43. The van der Waals surface area contributed by atoms with Gasteiger partial charge in [-0.15, -0.1) is 11.6 Å². The van der Waals surface area contributed by atoms with Gasteiger partial charge in [0.15, 0.2) is 0 Å². The second-order valence-electron chi connectivity index (χ2n) is 2.58. The Hall–Kier alpha value is -0.490. The summed E-state index contributed by atoms with van der Waals surface area (Å²) in [5.41, 5.74) is 1.23. The molecule has 0 saturated carbocycles. The van der Waals surface area contributed by atoms with Gasteiger partial charge in [-0.2, -0.15) is 0 Å². The van der Waals surface area contributed by atoms with Gasteiger partial charge in [-0.25, -0.2) is 0 Å². The Labute approximate surface area is 73.2 Å². The second-order valence-corrected chi connectivity index (χ2v) is 2.89. The Bertz CT molecular complexity index is 189. The van der Waals surface area contributed by atoms with Gasteiger partial charge < -0.3 is 0 Å². The van der Waals surface area contributed by atoms with E-state index in [0.29, 0.717) is 11.8 Å². The van der Waals surface area contributed by atoms with E-state index >= 15 is 0 Å². The van der Waals surface area contributed by atoms with Gasteiger partial charge >= 0.3 is 0 Å². The van der Waals surface area contributed by atoms with Crippen molar-refractivity contribution in [1.29, 1.82) is 0 Å². The van der Waals surface area contributed by atoms with E-state index in [9.17, 15) is 0 Å². The lowest BCUT2D eigenvalue weighted by molar-refractivity contribution is 0.739. The molecule has 0 fully saturated rings. The number of rotatable bonds is 3. The maximum Gasteiger partial charge on any atom is 0.0292 e. The van der Waals surface area contributed by atoms with Crippen LogP contribution < -0.4 is 0 Å². The molecule has 1 aromatic carbocycles. The Kier molecular flexibility index (Phi) is 3.44. The summed E-state index contributed by atoms with van der Waals surface area (Å²) in [4.78, 5) is 0. The molecule has 0 aliphatic carbocycles. The molecule has 1 heteroatoms. The van der Waals surface area contributed by atoms with Crippen LogP contribution in [0.4, 0.5) is 0 Å². The summed E-state index contributed by atoms with van der Waals surface area (Å²) in [7, 11) is 0. The highest BCUT2D eigenvalue weighted by molar-refractivity contribution is 6.18. The first-order valence-electron chi connectivity index (χ1n) is 3.91. The van der Waals surface area contributed by atoms with Crippen molar-refractivity contribution in [3.63, 3.8) is 0 Å². The molecule has 59 valence electrons. The van der Waals surface area contributed by atoms with E-state index in [1.165, 1.54) is 5.56 Å². The highest BCUT2D eigenvalue weighted by atomic mass is 35.5. The molecule has 0 N–H and O–H groups in total. The maximum absolute atomic E-state index is 5.78. The second kappa shape index (κ2) is 4.40. The molecule has 1 radical (unpaired) electrons. The summed E-state index contributed by atoms with van der Waals surface area (Å²) in [6, 6.07) is 11.2. The van der Waals surface area contributed by atoms with Crippen LogP contribution in [0.3, 0.4) is 0 Å². The third kappa shape index (κ3) is 2.23. The number of hydrogen-bond donors (Lipinski definition) is 0. The monoisotopic (exact) mass is 167 g/mol. The summed E-state index contributed by atoms with van der Waals surface area (Å²) < 4.78 is 0. The van der Waals surface area contributed by atoms with E-state index in [1.54, 1.807) is 0 Å². The summed E-state index contributed by atoms with van der Waals surface area (Å²) in [6.45, 7) is 2.15. The molecule has 0 saturated heterocycles. The third-order valence-electron chi connectivity index (χ3n) is 1.85. The van der Waals surface area contributed by atoms with Gasteiger partial charge in [0, 0.05) is 5.88 Å². The Balaban J connectivity index is 2.74. The Morgan fingerprint density at radius 3 is 2.82 bits per heavy atom. The molecule has 0 aliphatic rings. The molecule has 1 unspecified atom stereocenters. The number of halogens is 1. The normalized spacial score (nSPS) is 12.9. The first-order valence-corrected chi connectivity index (χ1v) is 4.44. The smallest absolute Gasteiger partial charge is 0.0292 e. The number of hydrogen-bond acceptors (Lipinski definition) is 0. The van der Waals surface area contributed by atoms with Gasteiger partial charge in [0.25, 0.3) is 0 Å². The van der Waals surface area contributed by atoms with Crippen LogP contribution in [0.25, 0.3) is 0 Å². The van der Waals surface area contributed by atoms with Crippen LogP contribution in [0.15, 0.2) is 24.3 Å². The molecule has 0 spiro atoms. The Morgan fingerprint density at radius 2 is 2.36 bits per heavy atom. The maximum atomic E-state index is 5.78. The molecule has 0 nitrogen and oxygen atoms in total. The van der Waals surface area contributed by atoms with E-state index in [-0.39, 0.29) is 0 Å². The van der Waals surface area contributed by atoms with Crippen LogP contribution >= 0.6 is 11.6 Å². The summed E-state index contributed by atoms with van der Waals surface area (Å²) in [6.07, 6.45) is 1.09. The fourth-order valence-electron chi connectivity index (χ4n) is 1.07. The van der Waals surface area contributed by atoms with Crippen LogP contribution in [0.2, 0.25) is 0 Å². The average molecular weight is 168 g/mol. The molecule has 0 amide bonds. The van der Waals surface area contributed by atoms with E-state index in [2.05, 4.69) is 19.1 Å². The standard InChI is InChI=1S/C10H12Cl/c1-2-9(8-11)10-6-4-3-5-7-10/h3-6,9H,2,8H2,1H3. The number of alkyl halides is 1. The molecular formula is C10H12Cl. The zero-order valence-electron chi connectivity index (χ0n) is 6.68. The SMILES string of the molecule is CCC(CCl)c1[c]cccc1. The van der Waals surface area contributed by atoms with Crippen molar-refractivity contribution in [2.45, 2.75) is 19.3 Å². The first-order chi connectivity index (χ1) is 5.38. The van der Waals surface area contributed by atoms with Crippen molar-refractivity contribution < 1.29 is 0 Å². The van der Waals surface area contributed by atoms with Gasteiger partial charge in [0.1, 0.15) is 0 Å². The fourth-order valence-corrected chi connectivity index (χ4v) is 1.46. The van der Waals surface area contributed by atoms with Crippen molar-refractivity contribution in [2.24, 2.45) is 0 Å². The van der Waals surface area contributed by atoms with Crippen molar-refractivity contribution >= 4 is 11.6 Å². The van der Waals surface area contributed by atoms with Crippen molar-refractivity contribution in [2.75, 3.05) is 5.88 Å². The van der Waals surface area contributed by atoms with Crippen LogP contribution in [0, 0.1) is 6.07 Å². The van der Waals surface area contributed by atoms with Crippen molar-refractivity contribution in [3.05, 3.63) is 35.9 Å². The minimum atomic E-state index is 0.470. The summed E-state index contributed by atoms with van der Waals surface area (Å²) in [5, 5.41) is 0. The molecule has 1 aromatic rings. The summed E-state index contributed by atoms with van der Waals surface area (Å²) >= 11 is 5.78. The highest BCUT2D eigenvalue weighted by Crippen LogP contribution is 2.19. The minimum Gasteiger partial charge on any atom is -0.126 e. The molecule has 0 heterocycles. The fraction of sp³-hybridized carbons (Fsp3) is 0.400. The minimum absolute atomic E-state index is 0.470. The van der Waals surface area contributed by atoms with E-state index in [1.807, 2.05) is 18.2 Å². The zero-order chi connectivity index (χ0) is 8.10.